The summed E-state index contributed by atoms with van der Waals surface area (Å²) < 4.78 is 19.1. The lowest BCUT2D eigenvalue weighted by Gasteiger charge is -2.22. The van der Waals surface area contributed by atoms with E-state index >= 15 is 0 Å². The Morgan fingerprint density at radius 1 is 1.44 bits per heavy atom. The van der Waals surface area contributed by atoms with Crippen LogP contribution < -0.4 is 4.90 Å². The summed E-state index contributed by atoms with van der Waals surface area (Å²) in [6, 6.07) is 4.66. The van der Waals surface area contributed by atoms with E-state index in [0.717, 1.165) is 0 Å². The predicted molar refractivity (Wildman–Crippen MR) is 70.8 cm³/mol. The zero-order chi connectivity index (χ0) is 13.7. The molecule has 18 heavy (non-hydrogen) atoms. The monoisotopic (exact) mass is 253 g/mol. The lowest BCUT2D eigenvalue weighted by Crippen LogP contribution is -2.25. The molecule has 0 spiro atoms. The number of anilines is 1. The molecular formula is C14H20FNO2. The summed E-state index contributed by atoms with van der Waals surface area (Å²) in [5.74, 6) is -0.739. The number of likely N-dealkylation sites (N-methyl/N-ethyl adjacent to an activating group) is 1. The Labute approximate surface area is 108 Å². The number of carbonyl (C=O) groups is 1. The number of halogens is 1. The fourth-order valence-electron chi connectivity index (χ4n) is 1.73. The Bertz CT molecular complexity index is 418. The van der Waals surface area contributed by atoms with Gasteiger partial charge in [0.25, 0.3) is 0 Å². The van der Waals surface area contributed by atoms with Gasteiger partial charge < -0.3 is 9.64 Å². The maximum atomic E-state index is 13.6. The summed E-state index contributed by atoms with van der Waals surface area (Å²) in [6.07, 6.45) is 0.165. The van der Waals surface area contributed by atoms with Crippen molar-refractivity contribution in [3.63, 3.8) is 0 Å². The standard InChI is InChI=1S/C14H20FNO2/c1-10(2)18-9-8-16(4)13-7-5-6-12(15)14(13)11(3)17/h5-7,10H,8-9H2,1-4H3. The van der Waals surface area contributed by atoms with Gasteiger partial charge in [0.15, 0.2) is 5.78 Å². The third-order valence-corrected chi connectivity index (χ3v) is 2.63. The first-order valence-corrected chi connectivity index (χ1v) is 6.05. The molecule has 0 fully saturated rings. The van der Waals surface area contributed by atoms with Gasteiger partial charge in [0.1, 0.15) is 5.82 Å². The third-order valence-electron chi connectivity index (χ3n) is 2.63. The van der Waals surface area contributed by atoms with E-state index in [0.29, 0.717) is 18.8 Å². The molecule has 0 radical (unpaired) electrons. The van der Waals surface area contributed by atoms with E-state index in [1.807, 2.05) is 25.8 Å². The van der Waals surface area contributed by atoms with E-state index in [1.165, 1.54) is 13.0 Å². The summed E-state index contributed by atoms with van der Waals surface area (Å²) in [6.45, 7) is 6.46. The van der Waals surface area contributed by atoms with Crippen molar-refractivity contribution in [2.75, 3.05) is 25.1 Å². The zero-order valence-corrected chi connectivity index (χ0v) is 11.4. The van der Waals surface area contributed by atoms with Crippen molar-refractivity contribution < 1.29 is 13.9 Å². The van der Waals surface area contributed by atoms with Gasteiger partial charge in [-0.3, -0.25) is 4.79 Å². The van der Waals surface area contributed by atoms with Gasteiger partial charge in [0.05, 0.1) is 24.0 Å². The van der Waals surface area contributed by atoms with Crippen LogP contribution >= 0.6 is 0 Å². The lowest BCUT2D eigenvalue weighted by molar-refractivity contribution is 0.0845. The quantitative estimate of drug-likeness (QED) is 0.730. The molecule has 0 bridgehead atoms. The molecule has 1 rings (SSSR count). The maximum absolute atomic E-state index is 13.6. The van der Waals surface area contributed by atoms with E-state index in [9.17, 15) is 9.18 Å². The van der Waals surface area contributed by atoms with Crippen LogP contribution in [0.15, 0.2) is 18.2 Å². The minimum absolute atomic E-state index is 0.143. The van der Waals surface area contributed by atoms with Crippen LogP contribution in [-0.2, 0) is 4.74 Å². The van der Waals surface area contributed by atoms with Crippen LogP contribution in [0.1, 0.15) is 31.1 Å². The molecule has 0 aromatic heterocycles. The van der Waals surface area contributed by atoms with Gasteiger partial charge in [-0.15, -0.1) is 0 Å². The second-order valence-electron chi connectivity index (χ2n) is 4.53. The number of nitrogens with zero attached hydrogens (tertiary/aromatic N) is 1. The van der Waals surface area contributed by atoms with Gasteiger partial charge >= 0.3 is 0 Å². The molecule has 0 heterocycles. The molecule has 0 aliphatic carbocycles. The van der Waals surface area contributed by atoms with Crippen molar-refractivity contribution in [1.29, 1.82) is 0 Å². The molecule has 4 heteroatoms. The number of hydrogen-bond acceptors (Lipinski definition) is 3. The number of benzene rings is 1. The van der Waals surface area contributed by atoms with E-state index in [-0.39, 0.29) is 17.5 Å². The average molecular weight is 253 g/mol. The Kier molecular flexibility index (Phi) is 5.28. The molecule has 0 atom stereocenters. The number of ketones is 1. The van der Waals surface area contributed by atoms with Crippen molar-refractivity contribution in [2.45, 2.75) is 26.9 Å². The predicted octanol–water partition coefficient (Wildman–Crippen LogP) is 2.89. The van der Waals surface area contributed by atoms with E-state index in [2.05, 4.69) is 0 Å². The highest BCUT2D eigenvalue weighted by Crippen LogP contribution is 2.22. The minimum Gasteiger partial charge on any atom is -0.377 e. The lowest BCUT2D eigenvalue weighted by atomic mass is 10.1. The summed E-state index contributed by atoms with van der Waals surface area (Å²) >= 11 is 0. The van der Waals surface area contributed by atoms with Crippen molar-refractivity contribution in [2.24, 2.45) is 0 Å². The molecule has 0 saturated heterocycles. The van der Waals surface area contributed by atoms with Crippen LogP contribution in [0.2, 0.25) is 0 Å². The molecular weight excluding hydrogens is 233 g/mol. The molecule has 0 aliphatic heterocycles. The van der Waals surface area contributed by atoms with Crippen molar-refractivity contribution in [1.82, 2.24) is 0 Å². The molecule has 100 valence electrons. The number of carbonyl (C=O) groups excluding carboxylic acids is 1. The van der Waals surface area contributed by atoms with Crippen LogP contribution in [-0.4, -0.2) is 32.1 Å². The van der Waals surface area contributed by atoms with Crippen molar-refractivity contribution >= 4 is 11.5 Å². The first kappa shape index (κ1) is 14.6. The van der Waals surface area contributed by atoms with Crippen LogP contribution in [0, 0.1) is 5.82 Å². The van der Waals surface area contributed by atoms with Gasteiger partial charge in [-0.05, 0) is 32.9 Å². The SMILES string of the molecule is CC(=O)c1c(F)cccc1N(C)CCOC(C)C. The average Bonchev–Trinajstić information content (AvgIpc) is 2.27. The van der Waals surface area contributed by atoms with Crippen LogP contribution in [0.4, 0.5) is 10.1 Å². The van der Waals surface area contributed by atoms with Gasteiger partial charge in [0.2, 0.25) is 0 Å². The van der Waals surface area contributed by atoms with E-state index in [4.69, 9.17) is 4.74 Å². The van der Waals surface area contributed by atoms with Gasteiger partial charge in [-0.1, -0.05) is 6.07 Å². The summed E-state index contributed by atoms with van der Waals surface area (Å²) in [7, 11) is 1.82. The molecule has 0 N–H and O–H groups in total. The normalized spacial score (nSPS) is 10.8. The highest BCUT2D eigenvalue weighted by molar-refractivity contribution is 5.99. The Morgan fingerprint density at radius 2 is 2.11 bits per heavy atom. The molecule has 0 unspecified atom stereocenters. The first-order valence-electron chi connectivity index (χ1n) is 6.05. The van der Waals surface area contributed by atoms with Crippen molar-refractivity contribution in [3.8, 4) is 0 Å². The Balaban J connectivity index is 2.82. The summed E-state index contributed by atoms with van der Waals surface area (Å²) in [5.41, 5.74) is 0.749. The van der Waals surface area contributed by atoms with Gasteiger partial charge in [-0.25, -0.2) is 4.39 Å². The minimum atomic E-state index is -0.475. The molecule has 1 aromatic carbocycles. The van der Waals surface area contributed by atoms with Gasteiger partial charge in [0, 0.05) is 13.6 Å². The first-order chi connectivity index (χ1) is 8.43. The van der Waals surface area contributed by atoms with Crippen LogP contribution in [0.5, 0.6) is 0 Å². The molecule has 3 nitrogen and oxygen atoms in total. The van der Waals surface area contributed by atoms with Crippen molar-refractivity contribution in [3.05, 3.63) is 29.6 Å². The molecule has 0 aliphatic rings. The van der Waals surface area contributed by atoms with E-state index in [1.54, 1.807) is 12.1 Å². The summed E-state index contributed by atoms with van der Waals surface area (Å²) in [5, 5.41) is 0. The topological polar surface area (TPSA) is 29.5 Å². The Hall–Kier alpha value is -1.42. The fraction of sp³-hybridized carbons (Fsp3) is 0.500. The number of hydrogen-bond donors (Lipinski definition) is 0. The largest absolute Gasteiger partial charge is 0.377 e. The number of ether oxygens (including phenoxy) is 1. The van der Waals surface area contributed by atoms with Crippen LogP contribution in [0.3, 0.4) is 0 Å². The molecule has 0 amide bonds. The smallest absolute Gasteiger partial charge is 0.164 e. The van der Waals surface area contributed by atoms with Gasteiger partial charge in [-0.2, -0.15) is 0 Å². The third kappa shape index (κ3) is 3.81. The second kappa shape index (κ2) is 6.50. The summed E-state index contributed by atoms with van der Waals surface area (Å²) in [4.78, 5) is 13.3. The zero-order valence-electron chi connectivity index (χ0n) is 11.4. The van der Waals surface area contributed by atoms with Crippen LogP contribution in [0.25, 0.3) is 0 Å². The maximum Gasteiger partial charge on any atom is 0.164 e. The van der Waals surface area contributed by atoms with E-state index < -0.39 is 5.82 Å². The molecule has 1 aromatic rings. The number of rotatable bonds is 6. The highest BCUT2D eigenvalue weighted by Gasteiger charge is 2.15. The number of Topliss-reactive ketones (excluding diaryl/α,β-unsaturated/α-hetero) is 1. The molecule has 0 saturated carbocycles. The fourth-order valence-corrected chi connectivity index (χ4v) is 1.73. The highest BCUT2D eigenvalue weighted by atomic mass is 19.1. The second-order valence-corrected chi connectivity index (χ2v) is 4.53. The Morgan fingerprint density at radius 3 is 2.67 bits per heavy atom.